The van der Waals surface area contributed by atoms with E-state index in [1.54, 1.807) is 12.1 Å². The fourth-order valence-electron chi connectivity index (χ4n) is 3.95. The summed E-state index contributed by atoms with van der Waals surface area (Å²) in [6.07, 6.45) is 3.73. The van der Waals surface area contributed by atoms with Crippen LogP contribution in [-0.2, 0) is 16.6 Å². The van der Waals surface area contributed by atoms with Gasteiger partial charge in [-0.3, -0.25) is 9.52 Å². The molecule has 0 unspecified atom stereocenters. The van der Waals surface area contributed by atoms with Crippen molar-refractivity contribution in [2.45, 2.75) is 37.6 Å². The molecule has 34 heavy (non-hydrogen) atoms. The lowest BCUT2D eigenvalue weighted by atomic mass is 10.1. The molecule has 1 amide bonds. The Morgan fingerprint density at radius 1 is 0.941 bits per heavy atom. The Bertz CT molecular complexity index is 1250. The van der Waals surface area contributed by atoms with E-state index in [4.69, 9.17) is 11.6 Å². The molecule has 0 bridgehead atoms. The third-order valence-corrected chi connectivity index (χ3v) is 7.63. The number of benzene rings is 3. The summed E-state index contributed by atoms with van der Waals surface area (Å²) in [6.45, 7) is 4.39. The Hall–Kier alpha value is -3.03. The number of rotatable bonds is 7. The number of carbonyl (C=O) groups excluding carboxylic acids is 1. The molecule has 1 saturated heterocycles. The Kier molecular flexibility index (Phi) is 7.44. The number of nitrogens with one attached hydrogen (secondary N) is 2. The van der Waals surface area contributed by atoms with Crippen LogP contribution >= 0.6 is 11.6 Å². The molecular weight excluding hydrogens is 470 g/mol. The first-order chi connectivity index (χ1) is 16.3. The first-order valence-corrected chi connectivity index (χ1v) is 13.2. The molecule has 1 aliphatic rings. The Morgan fingerprint density at radius 2 is 1.62 bits per heavy atom. The standard InChI is InChI=1S/C26H28ClN3O3S/c1-19-5-12-23(13-6-19)34(32,33)29-21-9-14-25(27)24(17-21)26(31)28-18-20-7-10-22(11-8-20)30-15-3-2-4-16-30/h5-14,17,29H,2-4,15-16,18H2,1H3,(H,28,31). The number of carbonyl (C=O) groups is 1. The third-order valence-electron chi connectivity index (χ3n) is 5.91. The molecule has 2 N–H and O–H groups in total. The summed E-state index contributed by atoms with van der Waals surface area (Å²) >= 11 is 6.24. The van der Waals surface area contributed by atoms with Gasteiger partial charge >= 0.3 is 0 Å². The number of hydrogen-bond acceptors (Lipinski definition) is 4. The Balaban J connectivity index is 1.41. The topological polar surface area (TPSA) is 78.5 Å². The summed E-state index contributed by atoms with van der Waals surface area (Å²) in [4.78, 5) is 15.3. The van der Waals surface area contributed by atoms with Gasteiger partial charge in [-0.1, -0.05) is 41.4 Å². The summed E-state index contributed by atoms with van der Waals surface area (Å²) in [5, 5.41) is 3.12. The Labute approximate surface area is 206 Å². The summed E-state index contributed by atoms with van der Waals surface area (Å²) in [5.74, 6) is -0.374. The van der Waals surface area contributed by atoms with Crippen molar-refractivity contribution in [1.82, 2.24) is 5.32 Å². The highest BCUT2D eigenvalue weighted by Gasteiger charge is 2.17. The fourth-order valence-corrected chi connectivity index (χ4v) is 5.20. The number of halogens is 1. The molecule has 0 saturated carbocycles. The third kappa shape index (κ3) is 5.90. The largest absolute Gasteiger partial charge is 0.372 e. The van der Waals surface area contributed by atoms with Crippen LogP contribution in [0.3, 0.4) is 0 Å². The molecule has 4 rings (SSSR count). The van der Waals surface area contributed by atoms with E-state index >= 15 is 0 Å². The average Bonchev–Trinajstić information content (AvgIpc) is 2.85. The SMILES string of the molecule is Cc1ccc(S(=O)(=O)Nc2ccc(Cl)c(C(=O)NCc3ccc(N4CCCCC4)cc3)c2)cc1. The Morgan fingerprint density at radius 3 is 2.29 bits per heavy atom. The minimum absolute atomic E-state index is 0.145. The number of nitrogens with zero attached hydrogens (tertiary/aromatic N) is 1. The van der Waals surface area contributed by atoms with Gasteiger partial charge in [0.1, 0.15) is 0 Å². The maximum Gasteiger partial charge on any atom is 0.261 e. The average molecular weight is 498 g/mol. The second-order valence-corrected chi connectivity index (χ2v) is 10.6. The van der Waals surface area contributed by atoms with Crippen LogP contribution in [-0.4, -0.2) is 27.4 Å². The van der Waals surface area contributed by atoms with E-state index in [1.165, 1.54) is 55.3 Å². The highest BCUT2D eigenvalue weighted by Crippen LogP contribution is 2.24. The van der Waals surface area contributed by atoms with Crippen molar-refractivity contribution in [3.05, 3.63) is 88.4 Å². The molecule has 3 aromatic carbocycles. The minimum atomic E-state index is -3.78. The number of amides is 1. The quantitative estimate of drug-likeness (QED) is 0.460. The molecule has 1 aliphatic heterocycles. The first kappa shape index (κ1) is 24.1. The highest BCUT2D eigenvalue weighted by molar-refractivity contribution is 7.92. The molecule has 3 aromatic rings. The van der Waals surface area contributed by atoms with E-state index in [-0.39, 0.29) is 27.1 Å². The van der Waals surface area contributed by atoms with Gasteiger partial charge in [-0.15, -0.1) is 0 Å². The van der Waals surface area contributed by atoms with E-state index in [9.17, 15) is 13.2 Å². The maximum absolute atomic E-state index is 12.8. The number of aryl methyl sites for hydroxylation is 1. The maximum atomic E-state index is 12.8. The van der Waals surface area contributed by atoms with E-state index in [0.29, 0.717) is 6.54 Å². The lowest BCUT2D eigenvalue weighted by Crippen LogP contribution is -2.29. The van der Waals surface area contributed by atoms with Gasteiger partial charge in [0.05, 0.1) is 15.5 Å². The van der Waals surface area contributed by atoms with Crippen LogP contribution in [0.25, 0.3) is 0 Å². The van der Waals surface area contributed by atoms with Gasteiger partial charge in [0.15, 0.2) is 0 Å². The van der Waals surface area contributed by atoms with Crippen LogP contribution in [0.4, 0.5) is 11.4 Å². The lowest BCUT2D eigenvalue weighted by Gasteiger charge is -2.28. The van der Waals surface area contributed by atoms with Gasteiger partial charge in [0, 0.05) is 31.0 Å². The van der Waals surface area contributed by atoms with Crippen molar-refractivity contribution in [1.29, 1.82) is 0 Å². The van der Waals surface area contributed by atoms with E-state index in [2.05, 4.69) is 27.1 Å². The molecule has 0 radical (unpaired) electrons. The normalized spacial score (nSPS) is 14.0. The molecular formula is C26H28ClN3O3S. The van der Waals surface area contributed by atoms with Gasteiger partial charge < -0.3 is 10.2 Å². The van der Waals surface area contributed by atoms with Crippen LogP contribution in [0.15, 0.2) is 71.6 Å². The zero-order chi connectivity index (χ0) is 24.1. The predicted octanol–water partition coefficient (Wildman–Crippen LogP) is 5.37. The summed E-state index contributed by atoms with van der Waals surface area (Å²) < 4.78 is 27.9. The number of sulfonamides is 1. The van der Waals surface area contributed by atoms with E-state index < -0.39 is 10.0 Å². The number of piperidine rings is 1. The van der Waals surface area contributed by atoms with Crippen molar-refractivity contribution < 1.29 is 13.2 Å². The van der Waals surface area contributed by atoms with Gasteiger partial charge in [-0.2, -0.15) is 0 Å². The smallest absolute Gasteiger partial charge is 0.261 e. The molecule has 6 nitrogen and oxygen atoms in total. The molecule has 0 aliphatic carbocycles. The van der Waals surface area contributed by atoms with Crippen molar-refractivity contribution in [2.75, 3.05) is 22.7 Å². The van der Waals surface area contributed by atoms with Gasteiger partial charge in [0.2, 0.25) is 0 Å². The van der Waals surface area contributed by atoms with Gasteiger partial charge in [-0.25, -0.2) is 8.42 Å². The van der Waals surface area contributed by atoms with Gasteiger partial charge in [-0.05, 0) is 74.2 Å². The molecule has 8 heteroatoms. The lowest BCUT2D eigenvalue weighted by molar-refractivity contribution is 0.0951. The van der Waals surface area contributed by atoms with Crippen molar-refractivity contribution >= 4 is 38.9 Å². The first-order valence-electron chi connectivity index (χ1n) is 11.3. The predicted molar refractivity (Wildman–Crippen MR) is 137 cm³/mol. The van der Waals surface area contributed by atoms with Crippen LogP contribution in [0, 0.1) is 6.92 Å². The fraction of sp³-hybridized carbons (Fsp3) is 0.269. The second kappa shape index (κ2) is 10.5. The van der Waals surface area contributed by atoms with E-state index in [1.807, 2.05) is 19.1 Å². The molecule has 0 atom stereocenters. The minimum Gasteiger partial charge on any atom is -0.372 e. The summed E-state index contributed by atoms with van der Waals surface area (Å²) in [7, 11) is -3.78. The summed E-state index contributed by atoms with van der Waals surface area (Å²) in [6, 6.07) is 19.2. The van der Waals surface area contributed by atoms with Crippen molar-refractivity contribution in [3.63, 3.8) is 0 Å². The highest BCUT2D eigenvalue weighted by atomic mass is 35.5. The van der Waals surface area contributed by atoms with Crippen LogP contribution in [0.2, 0.25) is 5.02 Å². The molecule has 1 heterocycles. The molecule has 0 spiro atoms. The molecule has 0 aromatic heterocycles. The van der Waals surface area contributed by atoms with Crippen LogP contribution < -0.4 is 14.9 Å². The second-order valence-electron chi connectivity index (χ2n) is 8.51. The summed E-state index contributed by atoms with van der Waals surface area (Å²) in [5.41, 5.74) is 3.61. The van der Waals surface area contributed by atoms with Crippen LogP contribution in [0.5, 0.6) is 0 Å². The monoisotopic (exact) mass is 497 g/mol. The molecule has 1 fully saturated rings. The number of hydrogen-bond donors (Lipinski definition) is 2. The molecule has 178 valence electrons. The van der Waals surface area contributed by atoms with E-state index in [0.717, 1.165) is 24.2 Å². The zero-order valence-corrected chi connectivity index (χ0v) is 20.6. The zero-order valence-electron chi connectivity index (χ0n) is 19.1. The van der Waals surface area contributed by atoms with Crippen molar-refractivity contribution in [3.8, 4) is 0 Å². The van der Waals surface area contributed by atoms with Crippen LogP contribution in [0.1, 0.15) is 40.7 Å². The van der Waals surface area contributed by atoms with Crippen molar-refractivity contribution in [2.24, 2.45) is 0 Å². The van der Waals surface area contributed by atoms with Gasteiger partial charge in [0.25, 0.3) is 15.9 Å². The number of anilines is 2.